The highest BCUT2D eigenvalue weighted by molar-refractivity contribution is 7.91. The van der Waals surface area contributed by atoms with Gasteiger partial charge in [0, 0.05) is 13.1 Å². The van der Waals surface area contributed by atoms with Crippen LogP contribution < -0.4 is 4.72 Å². The van der Waals surface area contributed by atoms with Crippen molar-refractivity contribution in [3.8, 4) is 0 Å². The van der Waals surface area contributed by atoms with Gasteiger partial charge in [0.05, 0.1) is 12.6 Å². The van der Waals surface area contributed by atoms with Gasteiger partial charge in [-0.05, 0) is 25.9 Å². The number of hydrogen-bond acceptors (Lipinski definition) is 7. The van der Waals surface area contributed by atoms with E-state index in [-0.39, 0.29) is 9.90 Å². The largest absolute Gasteiger partial charge is 0.464 e. The van der Waals surface area contributed by atoms with E-state index in [1.54, 1.807) is 0 Å². The van der Waals surface area contributed by atoms with Gasteiger partial charge in [-0.1, -0.05) is 6.42 Å². The number of hydrogen-bond donors (Lipinski definition) is 1. The number of esters is 1. The van der Waals surface area contributed by atoms with Crippen molar-refractivity contribution in [1.82, 2.24) is 14.6 Å². The number of nitrogens with zero attached hydrogens (tertiary/aromatic N) is 2. The number of methoxy groups -OCH3 is 1. The van der Waals surface area contributed by atoms with Crippen molar-refractivity contribution in [3.05, 3.63) is 11.2 Å². The number of sulfonamides is 1. The molecule has 0 unspecified atom stereocenters. The molecular formula is C12H19N3O4S2. The molecule has 1 N–H and O–H groups in total. The summed E-state index contributed by atoms with van der Waals surface area (Å²) in [7, 11) is -2.53. The zero-order valence-electron chi connectivity index (χ0n) is 11.9. The normalized spacial score (nSPS) is 16.8. The second-order valence-corrected chi connectivity index (χ2v) is 7.60. The summed E-state index contributed by atoms with van der Waals surface area (Å²) in [6.45, 7) is 3.01. The Morgan fingerprint density at radius 1 is 1.43 bits per heavy atom. The van der Waals surface area contributed by atoms with Crippen molar-refractivity contribution in [2.75, 3.05) is 33.3 Å². The first-order valence-corrected chi connectivity index (χ1v) is 9.14. The number of piperidine rings is 1. The first-order chi connectivity index (χ1) is 10.0. The summed E-state index contributed by atoms with van der Waals surface area (Å²) in [6.07, 6.45) is 3.56. The lowest BCUT2D eigenvalue weighted by molar-refractivity contribution is 0.0590. The van der Waals surface area contributed by atoms with E-state index < -0.39 is 16.0 Å². The average Bonchev–Trinajstić information content (AvgIpc) is 2.98. The Bertz CT molecular complexity index is 579. The molecule has 0 spiro atoms. The molecule has 0 radical (unpaired) electrons. The number of aromatic nitrogens is 1. The highest BCUT2D eigenvalue weighted by Crippen LogP contribution is 2.20. The minimum Gasteiger partial charge on any atom is -0.464 e. The van der Waals surface area contributed by atoms with Crippen LogP contribution in [-0.4, -0.2) is 57.6 Å². The Labute approximate surface area is 128 Å². The van der Waals surface area contributed by atoms with E-state index in [1.165, 1.54) is 19.0 Å². The third kappa shape index (κ3) is 4.22. The van der Waals surface area contributed by atoms with Gasteiger partial charge < -0.3 is 9.64 Å². The molecule has 0 saturated carbocycles. The van der Waals surface area contributed by atoms with Crippen LogP contribution >= 0.6 is 11.3 Å². The molecule has 0 bridgehead atoms. The second kappa shape index (κ2) is 7.30. The molecule has 0 atom stereocenters. The SMILES string of the molecule is COC(=O)c1ncsc1S(=O)(=O)NCCN1CCCCC1. The van der Waals surface area contributed by atoms with Crippen LogP contribution in [-0.2, 0) is 14.8 Å². The summed E-state index contributed by atoms with van der Waals surface area (Å²) in [5.41, 5.74) is 1.17. The van der Waals surface area contributed by atoms with Gasteiger partial charge in [-0.2, -0.15) is 0 Å². The maximum atomic E-state index is 12.2. The maximum Gasteiger partial charge on any atom is 0.358 e. The van der Waals surface area contributed by atoms with E-state index in [9.17, 15) is 13.2 Å². The molecule has 0 aliphatic carbocycles. The van der Waals surface area contributed by atoms with Crippen molar-refractivity contribution in [2.24, 2.45) is 0 Å². The number of rotatable bonds is 6. The smallest absolute Gasteiger partial charge is 0.358 e. The minimum absolute atomic E-state index is 0.0898. The second-order valence-electron chi connectivity index (χ2n) is 4.78. The molecule has 1 aromatic heterocycles. The molecule has 21 heavy (non-hydrogen) atoms. The molecule has 1 saturated heterocycles. The summed E-state index contributed by atoms with van der Waals surface area (Å²) in [6, 6.07) is 0. The van der Waals surface area contributed by atoms with Gasteiger partial charge in [-0.25, -0.2) is 22.9 Å². The molecule has 1 fully saturated rings. The van der Waals surface area contributed by atoms with Crippen molar-refractivity contribution in [3.63, 3.8) is 0 Å². The zero-order valence-corrected chi connectivity index (χ0v) is 13.5. The van der Waals surface area contributed by atoms with Crippen molar-refractivity contribution < 1.29 is 17.9 Å². The molecule has 0 amide bonds. The first-order valence-electron chi connectivity index (χ1n) is 6.78. The zero-order chi connectivity index (χ0) is 15.3. The van der Waals surface area contributed by atoms with Gasteiger partial charge >= 0.3 is 5.97 Å². The fourth-order valence-corrected chi connectivity index (χ4v) is 4.44. The molecule has 0 aromatic carbocycles. The van der Waals surface area contributed by atoms with Crippen molar-refractivity contribution in [2.45, 2.75) is 23.5 Å². The summed E-state index contributed by atoms with van der Waals surface area (Å²) in [4.78, 5) is 17.5. The number of thiazole rings is 1. The Kier molecular flexibility index (Phi) is 5.68. The van der Waals surface area contributed by atoms with Crippen LogP contribution in [0.25, 0.3) is 0 Å². The Hall–Kier alpha value is -1.03. The highest BCUT2D eigenvalue weighted by atomic mass is 32.2. The van der Waals surface area contributed by atoms with Gasteiger partial charge in [-0.3, -0.25) is 0 Å². The summed E-state index contributed by atoms with van der Waals surface area (Å²) < 4.78 is 31.4. The Morgan fingerprint density at radius 3 is 2.81 bits per heavy atom. The molecule has 9 heteroatoms. The molecule has 2 heterocycles. The number of likely N-dealkylation sites (tertiary alicyclic amines) is 1. The number of nitrogens with one attached hydrogen (secondary N) is 1. The third-order valence-electron chi connectivity index (χ3n) is 3.33. The standard InChI is InChI=1S/C12H19N3O4S2/c1-19-11(16)10-12(20-9-13-10)21(17,18)14-5-8-15-6-3-2-4-7-15/h9,14H,2-8H2,1H3. The lowest BCUT2D eigenvalue weighted by atomic mass is 10.1. The highest BCUT2D eigenvalue weighted by Gasteiger charge is 2.26. The van der Waals surface area contributed by atoms with Crippen LogP contribution in [0.15, 0.2) is 9.72 Å². The van der Waals surface area contributed by atoms with Gasteiger partial charge in [0.15, 0.2) is 9.90 Å². The Balaban J connectivity index is 1.95. The first kappa shape index (κ1) is 16.3. The third-order valence-corrected chi connectivity index (χ3v) is 6.16. The fraction of sp³-hybridized carbons (Fsp3) is 0.667. The molecule has 7 nitrogen and oxygen atoms in total. The number of ether oxygens (including phenoxy) is 1. The van der Waals surface area contributed by atoms with Crippen LogP contribution in [0.5, 0.6) is 0 Å². The van der Waals surface area contributed by atoms with Gasteiger partial charge in [0.25, 0.3) is 10.0 Å². The Morgan fingerprint density at radius 2 is 2.14 bits per heavy atom. The predicted octanol–water partition coefficient (Wildman–Crippen LogP) is 0.694. The molecule has 118 valence electrons. The van der Waals surface area contributed by atoms with Crippen LogP contribution in [0, 0.1) is 0 Å². The number of carbonyl (C=O) groups is 1. The van der Waals surface area contributed by atoms with Gasteiger partial charge in [0.1, 0.15) is 0 Å². The van der Waals surface area contributed by atoms with Gasteiger partial charge in [-0.15, -0.1) is 11.3 Å². The van der Waals surface area contributed by atoms with Crippen molar-refractivity contribution in [1.29, 1.82) is 0 Å². The average molecular weight is 333 g/mol. The van der Waals surface area contributed by atoms with E-state index in [0.29, 0.717) is 13.1 Å². The van der Waals surface area contributed by atoms with Crippen molar-refractivity contribution >= 4 is 27.3 Å². The lowest BCUT2D eigenvalue weighted by Gasteiger charge is -2.26. The summed E-state index contributed by atoms with van der Waals surface area (Å²) in [5, 5.41) is 0. The molecule has 1 aliphatic heterocycles. The van der Waals surface area contributed by atoms with E-state index in [0.717, 1.165) is 37.3 Å². The lowest BCUT2D eigenvalue weighted by Crippen LogP contribution is -2.37. The quantitative estimate of drug-likeness (QED) is 0.771. The van der Waals surface area contributed by atoms with E-state index in [1.807, 2.05) is 0 Å². The van der Waals surface area contributed by atoms with E-state index in [2.05, 4.69) is 19.3 Å². The minimum atomic E-state index is -3.73. The molecular weight excluding hydrogens is 314 g/mol. The van der Waals surface area contributed by atoms with E-state index in [4.69, 9.17) is 0 Å². The molecule has 1 aliphatic rings. The van der Waals surface area contributed by atoms with Crippen LogP contribution in [0.1, 0.15) is 29.8 Å². The molecule has 1 aromatic rings. The topological polar surface area (TPSA) is 88.6 Å². The monoisotopic (exact) mass is 333 g/mol. The fourth-order valence-electron chi connectivity index (χ4n) is 2.25. The maximum absolute atomic E-state index is 12.2. The van der Waals surface area contributed by atoms with Crippen LogP contribution in [0.4, 0.5) is 0 Å². The summed E-state index contributed by atoms with van der Waals surface area (Å²) >= 11 is 0.910. The predicted molar refractivity (Wildman–Crippen MR) is 78.9 cm³/mol. The molecule has 2 rings (SSSR count). The van der Waals surface area contributed by atoms with Gasteiger partial charge in [0.2, 0.25) is 0 Å². The number of carbonyl (C=O) groups excluding carboxylic acids is 1. The van der Waals surface area contributed by atoms with Crippen LogP contribution in [0.3, 0.4) is 0 Å². The van der Waals surface area contributed by atoms with Crippen LogP contribution in [0.2, 0.25) is 0 Å². The summed E-state index contributed by atoms with van der Waals surface area (Å²) in [5.74, 6) is -0.743. The van der Waals surface area contributed by atoms with E-state index >= 15 is 0 Å².